The van der Waals surface area contributed by atoms with Crippen molar-refractivity contribution in [1.82, 2.24) is 5.32 Å². The topological polar surface area (TPSA) is 58.6 Å². The molecule has 4 nitrogen and oxygen atoms in total. The average Bonchev–Trinajstić information content (AvgIpc) is 2.35. The van der Waals surface area contributed by atoms with E-state index in [2.05, 4.69) is 5.32 Å². The van der Waals surface area contributed by atoms with E-state index in [0.717, 1.165) is 17.9 Å². The molecule has 0 aliphatic carbocycles. The minimum Gasteiger partial charge on any atom is -0.497 e. The van der Waals surface area contributed by atoms with Gasteiger partial charge in [0.15, 0.2) is 0 Å². The highest BCUT2D eigenvalue weighted by atomic mass is 16.5. The van der Waals surface area contributed by atoms with E-state index in [-0.39, 0.29) is 0 Å². The lowest BCUT2D eigenvalue weighted by Crippen LogP contribution is -2.28. The van der Waals surface area contributed by atoms with Gasteiger partial charge in [-0.15, -0.1) is 0 Å². The molecule has 0 atom stereocenters. The second-order valence-electron chi connectivity index (χ2n) is 4.96. The van der Waals surface area contributed by atoms with E-state index >= 15 is 0 Å². The molecule has 0 aliphatic rings. The van der Waals surface area contributed by atoms with Gasteiger partial charge in [0.05, 0.1) is 12.5 Å². The summed E-state index contributed by atoms with van der Waals surface area (Å²) >= 11 is 0. The molecule has 0 saturated carbocycles. The SMILES string of the molecule is COc1ccc(CNCCC(C)(C)C(=O)O)cc1. The monoisotopic (exact) mass is 251 g/mol. The molecule has 2 N–H and O–H groups in total. The van der Waals surface area contributed by atoms with Crippen molar-refractivity contribution in [2.24, 2.45) is 5.41 Å². The van der Waals surface area contributed by atoms with Crippen molar-refractivity contribution in [3.63, 3.8) is 0 Å². The molecule has 0 heterocycles. The van der Waals surface area contributed by atoms with Crippen LogP contribution in [0.2, 0.25) is 0 Å². The van der Waals surface area contributed by atoms with E-state index in [1.165, 1.54) is 0 Å². The molecule has 0 radical (unpaired) electrons. The largest absolute Gasteiger partial charge is 0.497 e. The van der Waals surface area contributed by atoms with E-state index in [1.54, 1.807) is 21.0 Å². The molecule has 4 heteroatoms. The number of methoxy groups -OCH3 is 1. The highest BCUT2D eigenvalue weighted by Gasteiger charge is 2.25. The third kappa shape index (κ3) is 4.37. The van der Waals surface area contributed by atoms with Crippen molar-refractivity contribution in [3.05, 3.63) is 29.8 Å². The quantitative estimate of drug-likeness (QED) is 0.730. The Morgan fingerprint density at radius 1 is 1.33 bits per heavy atom. The van der Waals surface area contributed by atoms with Crippen molar-refractivity contribution < 1.29 is 14.6 Å². The zero-order valence-electron chi connectivity index (χ0n) is 11.2. The number of aliphatic carboxylic acids is 1. The van der Waals surface area contributed by atoms with Gasteiger partial charge in [-0.3, -0.25) is 4.79 Å². The standard InChI is InChI=1S/C14H21NO3/c1-14(2,13(16)17)8-9-15-10-11-4-6-12(18-3)7-5-11/h4-7,15H,8-10H2,1-3H3,(H,16,17). The van der Waals surface area contributed by atoms with E-state index < -0.39 is 11.4 Å². The first-order chi connectivity index (χ1) is 8.45. The number of hydrogen-bond donors (Lipinski definition) is 2. The molecule has 0 aliphatic heterocycles. The number of carboxylic acids is 1. The maximum atomic E-state index is 10.9. The minimum absolute atomic E-state index is 0.610. The second-order valence-corrected chi connectivity index (χ2v) is 4.96. The molecule has 0 unspecified atom stereocenters. The number of nitrogens with one attached hydrogen (secondary N) is 1. The summed E-state index contributed by atoms with van der Waals surface area (Å²) in [4.78, 5) is 10.9. The van der Waals surface area contributed by atoms with Gasteiger partial charge in [-0.1, -0.05) is 12.1 Å². The molecular weight excluding hydrogens is 230 g/mol. The molecular formula is C14H21NO3. The van der Waals surface area contributed by atoms with E-state index in [0.29, 0.717) is 13.0 Å². The summed E-state index contributed by atoms with van der Waals surface area (Å²) < 4.78 is 5.08. The summed E-state index contributed by atoms with van der Waals surface area (Å²) in [7, 11) is 1.64. The Balaban J connectivity index is 2.31. The maximum Gasteiger partial charge on any atom is 0.309 e. The normalized spacial score (nSPS) is 11.3. The fourth-order valence-corrected chi connectivity index (χ4v) is 1.48. The Morgan fingerprint density at radius 2 is 1.94 bits per heavy atom. The minimum atomic E-state index is -0.756. The van der Waals surface area contributed by atoms with Gasteiger partial charge < -0.3 is 15.2 Å². The smallest absolute Gasteiger partial charge is 0.309 e. The number of carboxylic acid groups (broad SMARTS) is 1. The summed E-state index contributed by atoms with van der Waals surface area (Å²) in [5, 5.41) is 12.2. The van der Waals surface area contributed by atoms with Gasteiger partial charge in [-0.2, -0.15) is 0 Å². The fraction of sp³-hybridized carbons (Fsp3) is 0.500. The lowest BCUT2D eigenvalue weighted by atomic mass is 9.90. The zero-order valence-corrected chi connectivity index (χ0v) is 11.2. The van der Waals surface area contributed by atoms with Crippen LogP contribution >= 0.6 is 0 Å². The van der Waals surface area contributed by atoms with Crippen LogP contribution in [0.25, 0.3) is 0 Å². The fourth-order valence-electron chi connectivity index (χ4n) is 1.48. The lowest BCUT2D eigenvalue weighted by molar-refractivity contribution is -0.147. The number of carbonyl (C=O) groups is 1. The Hall–Kier alpha value is -1.55. The van der Waals surface area contributed by atoms with Crippen LogP contribution in [0.15, 0.2) is 24.3 Å². The molecule has 18 heavy (non-hydrogen) atoms. The van der Waals surface area contributed by atoms with Gasteiger partial charge in [0.25, 0.3) is 0 Å². The van der Waals surface area contributed by atoms with Crippen LogP contribution in [-0.2, 0) is 11.3 Å². The number of hydrogen-bond acceptors (Lipinski definition) is 3. The molecule has 0 fully saturated rings. The summed E-state index contributed by atoms with van der Waals surface area (Å²) in [5.41, 5.74) is 0.483. The Bertz CT molecular complexity index is 385. The third-order valence-corrected chi connectivity index (χ3v) is 2.99. The second kappa shape index (κ2) is 6.40. The van der Waals surface area contributed by atoms with Gasteiger partial charge in [-0.05, 0) is 44.5 Å². The van der Waals surface area contributed by atoms with Crippen LogP contribution in [0.1, 0.15) is 25.8 Å². The Labute approximate surface area is 108 Å². The molecule has 0 aromatic heterocycles. The third-order valence-electron chi connectivity index (χ3n) is 2.99. The molecule has 0 bridgehead atoms. The molecule has 1 rings (SSSR count). The molecule has 0 amide bonds. The van der Waals surface area contributed by atoms with Crippen molar-refractivity contribution in [3.8, 4) is 5.75 Å². The molecule has 0 spiro atoms. The van der Waals surface area contributed by atoms with E-state index in [1.807, 2.05) is 24.3 Å². The summed E-state index contributed by atoms with van der Waals surface area (Å²) in [5.74, 6) is 0.0829. The van der Waals surface area contributed by atoms with E-state index in [4.69, 9.17) is 9.84 Å². The zero-order chi connectivity index (χ0) is 13.6. The first kappa shape index (κ1) is 14.5. The first-order valence-corrected chi connectivity index (χ1v) is 6.03. The van der Waals surface area contributed by atoms with Crippen molar-refractivity contribution in [2.45, 2.75) is 26.8 Å². The van der Waals surface area contributed by atoms with Crippen LogP contribution in [0, 0.1) is 5.41 Å². The number of ether oxygens (including phenoxy) is 1. The van der Waals surface area contributed by atoms with Crippen LogP contribution in [0.5, 0.6) is 5.75 Å². The highest BCUT2D eigenvalue weighted by molar-refractivity contribution is 5.73. The van der Waals surface area contributed by atoms with Gasteiger partial charge in [0, 0.05) is 6.54 Å². The van der Waals surface area contributed by atoms with Gasteiger partial charge >= 0.3 is 5.97 Å². The van der Waals surface area contributed by atoms with E-state index in [9.17, 15) is 4.79 Å². The Morgan fingerprint density at radius 3 is 2.44 bits per heavy atom. The Kier molecular flexibility index (Phi) is 5.16. The summed E-state index contributed by atoms with van der Waals surface area (Å²) in [6.45, 7) is 4.90. The maximum absolute atomic E-state index is 10.9. The molecule has 100 valence electrons. The number of rotatable bonds is 7. The average molecular weight is 251 g/mol. The summed E-state index contributed by atoms with van der Waals surface area (Å²) in [6.07, 6.45) is 0.610. The van der Waals surface area contributed by atoms with Gasteiger partial charge in [0.1, 0.15) is 5.75 Å². The lowest BCUT2D eigenvalue weighted by Gasteiger charge is -2.18. The van der Waals surface area contributed by atoms with Crippen LogP contribution in [0.4, 0.5) is 0 Å². The van der Waals surface area contributed by atoms with Crippen LogP contribution < -0.4 is 10.1 Å². The molecule has 1 aromatic rings. The predicted molar refractivity (Wildman–Crippen MR) is 70.7 cm³/mol. The molecule has 0 saturated heterocycles. The first-order valence-electron chi connectivity index (χ1n) is 6.03. The van der Waals surface area contributed by atoms with Gasteiger partial charge in [0.2, 0.25) is 0 Å². The van der Waals surface area contributed by atoms with Crippen molar-refractivity contribution >= 4 is 5.97 Å². The predicted octanol–water partition coefficient (Wildman–Crippen LogP) is 2.29. The van der Waals surface area contributed by atoms with Crippen LogP contribution in [-0.4, -0.2) is 24.7 Å². The van der Waals surface area contributed by atoms with Crippen LogP contribution in [0.3, 0.4) is 0 Å². The van der Waals surface area contributed by atoms with Crippen molar-refractivity contribution in [1.29, 1.82) is 0 Å². The number of benzene rings is 1. The summed E-state index contributed by atoms with van der Waals surface area (Å²) in [6, 6.07) is 7.82. The molecule has 1 aromatic carbocycles. The van der Waals surface area contributed by atoms with Gasteiger partial charge in [-0.25, -0.2) is 0 Å². The highest BCUT2D eigenvalue weighted by Crippen LogP contribution is 2.19. The van der Waals surface area contributed by atoms with Crippen molar-refractivity contribution in [2.75, 3.05) is 13.7 Å².